The van der Waals surface area contributed by atoms with Gasteiger partial charge in [0.25, 0.3) is 0 Å². The third-order valence-corrected chi connectivity index (χ3v) is 5.84. The van der Waals surface area contributed by atoms with Gasteiger partial charge in [-0.25, -0.2) is 0 Å². The molecule has 2 unspecified atom stereocenters. The van der Waals surface area contributed by atoms with Crippen LogP contribution in [-0.4, -0.2) is 54.6 Å². The van der Waals surface area contributed by atoms with Crippen molar-refractivity contribution in [2.45, 2.75) is 64.3 Å². The fourth-order valence-electron chi connectivity index (χ4n) is 4.35. The van der Waals surface area contributed by atoms with Gasteiger partial charge < -0.3 is 10.6 Å². The van der Waals surface area contributed by atoms with Crippen LogP contribution in [0.25, 0.3) is 0 Å². The Bertz CT molecular complexity index is 273. The summed E-state index contributed by atoms with van der Waals surface area (Å²) in [6.45, 7) is 11.6. The predicted molar refractivity (Wildman–Crippen MR) is 87.0 cm³/mol. The average molecular weight is 281 g/mol. The minimum absolute atomic E-state index is 0.322. The molecule has 2 fully saturated rings. The Labute approximate surface area is 125 Å². The van der Waals surface area contributed by atoms with Crippen LogP contribution in [-0.2, 0) is 0 Å². The summed E-state index contributed by atoms with van der Waals surface area (Å²) in [7, 11) is 0. The van der Waals surface area contributed by atoms with Gasteiger partial charge in [-0.3, -0.25) is 4.90 Å². The molecule has 1 saturated carbocycles. The van der Waals surface area contributed by atoms with Gasteiger partial charge >= 0.3 is 0 Å². The topological polar surface area (TPSA) is 32.5 Å². The van der Waals surface area contributed by atoms with Crippen molar-refractivity contribution < 1.29 is 0 Å². The molecule has 0 amide bonds. The first-order chi connectivity index (χ1) is 9.74. The fourth-order valence-corrected chi connectivity index (χ4v) is 4.35. The van der Waals surface area contributed by atoms with E-state index in [2.05, 4.69) is 23.6 Å². The van der Waals surface area contributed by atoms with Gasteiger partial charge in [0.2, 0.25) is 0 Å². The molecule has 2 atom stereocenters. The van der Waals surface area contributed by atoms with E-state index in [1.165, 1.54) is 77.7 Å². The number of hydrogen-bond acceptors (Lipinski definition) is 3. The lowest BCUT2D eigenvalue weighted by Gasteiger charge is -2.47. The second-order valence-electron chi connectivity index (χ2n) is 6.94. The molecule has 3 heteroatoms. The molecule has 1 aliphatic carbocycles. The van der Waals surface area contributed by atoms with Gasteiger partial charge in [-0.2, -0.15) is 0 Å². The molecule has 2 rings (SSSR count). The zero-order valence-electron chi connectivity index (χ0n) is 13.7. The average Bonchev–Trinajstić information content (AvgIpc) is 2.71. The molecule has 0 spiro atoms. The quantitative estimate of drug-likeness (QED) is 0.787. The highest BCUT2D eigenvalue weighted by Gasteiger charge is 2.38. The van der Waals surface area contributed by atoms with Gasteiger partial charge in [-0.05, 0) is 31.7 Å². The summed E-state index contributed by atoms with van der Waals surface area (Å²) < 4.78 is 0. The predicted octanol–water partition coefficient (Wildman–Crippen LogP) is 2.70. The summed E-state index contributed by atoms with van der Waals surface area (Å²) in [5, 5.41) is 0. The summed E-state index contributed by atoms with van der Waals surface area (Å²) in [5.74, 6) is 0.963. The Morgan fingerprint density at radius 3 is 2.40 bits per heavy atom. The van der Waals surface area contributed by atoms with Gasteiger partial charge in [0.15, 0.2) is 0 Å². The molecule has 118 valence electrons. The molecule has 1 saturated heterocycles. The fraction of sp³-hybridized carbons (Fsp3) is 1.00. The Morgan fingerprint density at radius 1 is 1.05 bits per heavy atom. The van der Waals surface area contributed by atoms with Gasteiger partial charge in [0.1, 0.15) is 0 Å². The third-order valence-electron chi connectivity index (χ3n) is 5.84. The van der Waals surface area contributed by atoms with Crippen LogP contribution in [0.15, 0.2) is 0 Å². The molecule has 0 aromatic heterocycles. The maximum absolute atomic E-state index is 6.27. The van der Waals surface area contributed by atoms with Crippen molar-refractivity contribution in [2.75, 3.05) is 39.3 Å². The Hall–Kier alpha value is -0.120. The first-order valence-electron chi connectivity index (χ1n) is 8.91. The normalized spacial score (nSPS) is 34.0. The van der Waals surface area contributed by atoms with E-state index in [-0.39, 0.29) is 0 Å². The minimum Gasteiger partial charge on any atom is -0.329 e. The molecular formula is C17H35N3. The summed E-state index contributed by atoms with van der Waals surface area (Å²) in [5.41, 5.74) is 6.59. The highest BCUT2D eigenvalue weighted by molar-refractivity contribution is 4.96. The van der Waals surface area contributed by atoms with Gasteiger partial charge in [-0.1, -0.05) is 39.5 Å². The molecule has 0 aromatic rings. The van der Waals surface area contributed by atoms with Crippen LogP contribution in [0.2, 0.25) is 0 Å². The van der Waals surface area contributed by atoms with Crippen LogP contribution in [0.1, 0.15) is 58.8 Å². The van der Waals surface area contributed by atoms with Crippen molar-refractivity contribution >= 4 is 0 Å². The molecule has 20 heavy (non-hydrogen) atoms. The molecule has 1 aliphatic heterocycles. The number of hydrogen-bond donors (Lipinski definition) is 1. The van der Waals surface area contributed by atoms with Crippen molar-refractivity contribution in [3.05, 3.63) is 0 Å². The maximum Gasteiger partial charge on any atom is 0.0332 e. The van der Waals surface area contributed by atoms with Crippen molar-refractivity contribution in [2.24, 2.45) is 11.7 Å². The zero-order valence-corrected chi connectivity index (χ0v) is 13.7. The van der Waals surface area contributed by atoms with E-state index in [0.717, 1.165) is 12.5 Å². The van der Waals surface area contributed by atoms with E-state index in [0.29, 0.717) is 5.54 Å². The summed E-state index contributed by atoms with van der Waals surface area (Å²) >= 11 is 0. The van der Waals surface area contributed by atoms with Crippen molar-refractivity contribution in [3.63, 3.8) is 0 Å². The molecule has 2 aliphatic rings. The first kappa shape index (κ1) is 16.3. The van der Waals surface area contributed by atoms with Crippen molar-refractivity contribution in [1.29, 1.82) is 0 Å². The number of piperazine rings is 1. The molecule has 1 heterocycles. The van der Waals surface area contributed by atoms with Crippen LogP contribution >= 0.6 is 0 Å². The van der Waals surface area contributed by atoms with E-state index < -0.39 is 0 Å². The van der Waals surface area contributed by atoms with Crippen LogP contribution in [0.4, 0.5) is 0 Å². The lowest BCUT2D eigenvalue weighted by Crippen LogP contribution is -2.60. The summed E-state index contributed by atoms with van der Waals surface area (Å²) in [6, 6.07) is 0. The standard InChI is InChI=1S/C17H35N3/c1-3-6-16-7-5-9-17(15-18,10-8-16)20-13-11-19(4-2)12-14-20/h16H,3-15,18H2,1-2H3. The largest absolute Gasteiger partial charge is 0.329 e. The van der Waals surface area contributed by atoms with E-state index in [1.807, 2.05) is 0 Å². The van der Waals surface area contributed by atoms with E-state index in [9.17, 15) is 0 Å². The van der Waals surface area contributed by atoms with E-state index in [4.69, 9.17) is 5.73 Å². The number of nitrogens with two attached hydrogens (primary N) is 1. The molecular weight excluding hydrogens is 246 g/mol. The molecule has 2 N–H and O–H groups in total. The Kier molecular flexibility index (Phi) is 6.31. The molecule has 0 aromatic carbocycles. The smallest absolute Gasteiger partial charge is 0.0332 e. The molecule has 0 radical (unpaired) electrons. The van der Waals surface area contributed by atoms with E-state index >= 15 is 0 Å². The van der Waals surface area contributed by atoms with Gasteiger partial charge in [0, 0.05) is 38.3 Å². The number of nitrogens with zero attached hydrogens (tertiary/aromatic N) is 2. The van der Waals surface area contributed by atoms with Gasteiger partial charge in [-0.15, -0.1) is 0 Å². The summed E-state index contributed by atoms with van der Waals surface area (Å²) in [4.78, 5) is 5.31. The Balaban J connectivity index is 1.95. The van der Waals surface area contributed by atoms with Crippen molar-refractivity contribution in [3.8, 4) is 0 Å². The van der Waals surface area contributed by atoms with Crippen molar-refractivity contribution in [1.82, 2.24) is 9.80 Å². The lowest BCUT2D eigenvalue weighted by molar-refractivity contribution is 0.0272. The Morgan fingerprint density at radius 2 is 1.80 bits per heavy atom. The van der Waals surface area contributed by atoms with E-state index in [1.54, 1.807) is 0 Å². The first-order valence-corrected chi connectivity index (χ1v) is 8.91. The monoisotopic (exact) mass is 281 g/mol. The second-order valence-corrected chi connectivity index (χ2v) is 6.94. The van der Waals surface area contributed by atoms with Crippen LogP contribution in [0.5, 0.6) is 0 Å². The number of likely N-dealkylation sites (N-methyl/N-ethyl adjacent to an activating group) is 1. The number of rotatable bonds is 5. The van der Waals surface area contributed by atoms with Gasteiger partial charge in [0.05, 0.1) is 0 Å². The summed E-state index contributed by atoms with van der Waals surface area (Å²) in [6.07, 6.45) is 9.65. The minimum atomic E-state index is 0.322. The molecule has 0 bridgehead atoms. The highest BCUT2D eigenvalue weighted by Crippen LogP contribution is 2.36. The van der Waals surface area contributed by atoms with Crippen LogP contribution in [0.3, 0.4) is 0 Å². The molecule has 3 nitrogen and oxygen atoms in total. The zero-order chi connectivity index (χ0) is 14.4. The van der Waals surface area contributed by atoms with Crippen LogP contribution in [0, 0.1) is 5.92 Å². The highest BCUT2D eigenvalue weighted by atomic mass is 15.3. The van der Waals surface area contributed by atoms with Crippen LogP contribution < -0.4 is 5.73 Å². The lowest BCUT2D eigenvalue weighted by atomic mass is 9.86. The maximum atomic E-state index is 6.27. The third kappa shape index (κ3) is 3.75. The SMILES string of the molecule is CCCC1CCCC(CN)(N2CCN(CC)CC2)CC1. The second kappa shape index (κ2) is 7.77.